The Morgan fingerprint density at radius 1 is 1.12 bits per heavy atom. The van der Waals surface area contributed by atoms with Crippen molar-refractivity contribution in [1.29, 1.82) is 0 Å². The molecule has 5 atom stereocenters. The minimum absolute atomic E-state index is 0.00329. The van der Waals surface area contributed by atoms with Gasteiger partial charge in [-0.1, -0.05) is 91.8 Å². The van der Waals surface area contributed by atoms with Crippen molar-refractivity contribution >= 4 is 41.6 Å². The second-order valence-electron chi connectivity index (χ2n) is 13.8. The van der Waals surface area contributed by atoms with Gasteiger partial charge in [-0.05, 0) is 43.1 Å². The van der Waals surface area contributed by atoms with Crippen LogP contribution in [0.15, 0.2) is 42.5 Å². The largest absolute Gasteiger partial charge is 0.476 e. The van der Waals surface area contributed by atoms with Crippen LogP contribution in [-0.2, 0) is 23.4 Å². The van der Waals surface area contributed by atoms with Crippen LogP contribution >= 0.6 is 7.75 Å². The first-order chi connectivity index (χ1) is 23.7. The Morgan fingerprint density at radius 3 is 2.50 bits per heavy atom. The van der Waals surface area contributed by atoms with Gasteiger partial charge >= 0.3 is 13.7 Å². The van der Waals surface area contributed by atoms with Crippen LogP contribution in [0.3, 0.4) is 0 Å². The lowest BCUT2D eigenvalue weighted by molar-refractivity contribution is -0.149. The number of fused-ring (bicyclic) bond motifs is 2. The SMILES string of the molecule is CC.CCOc1nc(N)nc2c1nc(C)n2C1OC(COP(=O)(NC(C(=O)OCC(C)(C)C)C(C)C)Oc2cccc3ccccc23)CC1C. The summed E-state index contributed by atoms with van der Waals surface area (Å²) in [5, 5.41) is 4.59. The van der Waals surface area contributed by atoms with Crippen LogP contribution < -0.4 is 20.1 Å². The van der Waals surface area contributed by atoms with Crippen LogP contribution in [0.25, 0.3) is 21.9 Å². The number of nitrogens with zero attached hydrogens (tertiary/aromatic N) is 4. The monoisotopic (exact) mass is 712 g/mol. The van der Waals surface area contributed by atoms with Crippen LogP contribution in [0, 0.1) is 24.2 Å². The van der Waals surface area contributed by atoms with Crippen molar-refractivity contribution in [3.05, 3.63) is 48.3 Å². The van der Waals surface area contributed by atoms with E-state index in [-0.39, 0.29) is 36.4 Å². The second kappa shape index (κ2) is 16.5. The molecule has 50 heavy (non-hydrogen) atoms. The summed E-state index contributed by atoms with van der Waals surface area (Å²) in [4.78, 5) is 26.6. The lowest BCUT2D eigenvalue weighted by Crippen LogP contribution is -2.42. The Bertz CT molecular complexity index is 1800. The normalized spacial score (nSPS) is 19.5. The predicted molar refractivity (Wildman–Crippen MR) is 195 cm³/mol. The Balaban J connectivity index is 0.00000276. The molecule has 13 nitrogen and oxygen atoms in total. The number of nitrogen functional groups attached to an aromatic ring is 1. The summed E-state index contributed by atoms with van der Waals surface area (Å²) in [5.41, 5.74) is 6.77. The first kappa shape index (κ1) is 39.0. The number of rotatable bonds is 13. The minimum Gasteiger partial charge on any atom is -0.476 e. The number of aromatic nitrogens is 4. The molecule has 0 aliphatic carbocycles. The standard InChI is InChI=1S/C34H47N6O7P.C2H6/c1-9-43-30-28-29(37-33(35)38-30)40(22(5)36-28)31-21(4)17-24(46-31)18-45-48(42,39-27(20(2)3)32(41)44-19-34(6,7)8)47-26-16-12-14-23-13-10-11-15-25(23)26;1-2/h10-16,20-21,24,27,31H,9,17-19H2,1-8H3,(H,39,42)(H2,35,37,38);1-2H3. The second-order valence-corrected chi connectivity index (χ2v) is 15.5. The highest BCUT2D eigenvalue weighted by molar-refractivity contribution is 7.52. The molecular weight excluding hydrogens is 659 g/mol. The molecule has 5 rings (SSSR count). The molecule has 2 aromatic heterocycles. The van der Waals surface area contributed by atoms with Crippen LogP contribution in [0.1, 0.15) is 80.8 Å². The van der Waals surface area contributed by atoms with E-state index < -0.39 is 32.1 Å². The number of aryl methyl sites for hydroxylation is 1. The average Bonchev–Trinajstić information content (AvgIpc) is 3.60. The van der Waals surface area contributed by atoms with Gasteiger partial charge in [0.15, 0.2) is 11.2 Å². The van der Waals surface area contributed by atoms with E-state index in [1.54, 1.807) is 6.07 Å². The molecule has 1 aliphatic heterocycles. The topological polar surface area (TPSA) is 162 Å². The molecule has 0 amide bonds. The quantitative estimate of drug-likeness (QED) is 0.103. The number of nitrogens with one attached hydrogen (secondary N) is 1. The highest BCUT2D eigenvalue weighted by Crippen LogP contribution is 2.48. The van der Waals surface area contributed by atoms with E-state index in [1.165, 1.54) is 0 Å². The van der Waals surface area contributed by atoms with E-state index in [0.717, 1.165) is 10.8 Å². The number of benzene rings is 2. The maximum Gasteiger partial charge on any atom is 0.459 e. The van der Waals surface area contributed by atoms with E-state index in [9.17, 15) is 9.36 Å². The molecule has 0 radical (unpaired) electrons. The number of carbonyl (C=O) groups is 1. The highest BCUT2D eigenvalue weighted by Gasteiger charge is 2.41. The van der Waals surface area contributed by atoms with Gasteiger partial charge < -0.3 is 24.5 Å². The molecule has 14 heteroatoms. The molecular formula is C36H53N6O7P. The number of hydrogen-bond donors (Lipinski definition) is 2. The molecule has 1 aliphatic rings. The molecule has 5 unspecified atom stereocenters. The zero-order valence-corrected chi connectivity index (χ0v) is 31.8. The number of esters is 1. The third-order valence-corrected chi connectivity index (χ3v) is 9.47. The first-order valence-electron chi connectivity index (χ1n) is 17.3. The summed E-state index contributed by atoms with van der Waals surface area (Å²) >= 11 is 0. The van der Waals surface area contributed by atoms with Gasteiger partial charge in [-0.2, -0.15) is 15.1 Å². The molecule has 1 fully saturated rings. The number of imidazole rings is 1. The van der Waals surface area contributed by atoms with Gasteiger partial charge in [0, 0.05) is 11.3 Å². The van der Waals surface area contributed by atoms with Gasteiger partial charge in [0.1, 0.15) is 23.8 Å². The van der Waals surface area contributed by atoms with Gasteiger partial charge in [-0.15, -0.1) is 0 Å². The fourth-order valence-electron chi connectivity index (χ4n) is 5.65. The van der Waals surface area contributed by atoms with E-state index in [4.69, 9.17) is 29.0 Å². The Morgan fingerprint density at radius 2 is 1.82 bits per heavy atom. The van der Waals surface area contributed by atoms with Crippen LogP contribution in [-0.4, -0.2) is 57.5 Å². The van der Waals surface area contributed by atoms with Crippen molar-refractivity contribution in [3.63, 3.8) is 0 Å². The van der Waals surface area contributed by atoms with Gasteiger partial charge in [0.05, 0.1) is 25.9 Å². The summed E-state index contributed by atoms with van der Waals surface area (Å²) in [7, 11) is -4.20. The fourth-order valence-corrected chi connectivity index (χ4v) is 7.36. The van der Waals surface area contributed by atoms with Gasteiger partial charge in [0.2, 0.25) is 11.8 Å². The van der Waals surface area contributed by atoms with E-state index in [1.807, 2.05) is 103 Å². The maximum absolute atomic E-state index is 14.7. The smallest absolute Gasteiger partial charge is 0.459 e. The van der Waals surface area contributed by atoms with Crippen molar-refractivity contribution in [1.82, 2.24) is 24.6 Å². The lowest BCUT2D eigenvalue weighted by Gasteiger charge is -2.28. The summed E-state index contributed by atoms with van der Waals surface area (Å²) in [6, 6.07) is 12.1. The predicted octanol–water partition coefficient (Wildman–Crippen LogP) is 7.63. The highest BCUT2D eigenvalue weighted by atomic mass is 31.2. The summed E-state index contributed by atoms with van der Waals surface area (Å²) in [6.07, 6.45) is -0.350. The zero-order chi connectivity index (χ0) is 36.8. The molecule has 1 saturated heterocycles. The third kappa shape index (κ3) is 9.31. The van der Waals surface area contributed by atoms with Crippen LogP contribution in [0.5, 0.6) is 11.6 Å². The molecule has 0 bridgehead atoms. The van der Waals surface area contributed by atoms with Gasteiger partial charge in [-0.25, -0.2) is 9.55 Å². The molecule has 3 N–H and O–H groups in total. The van der Waals surface area contributed by atoms with Crippen molar-refractivity contribution in [2.75, 3.05) is 25.6 Å². The number of ether oxygens (including phenoxy) is 3. The maximum atomic E-state index is 14.7. The third-order valence-electron chi connectivity index (χ3n) is 7.95. The van der Waals surface area contributed by atoms with Crippen molar-refractivity contribution in [2.24, 2.45) is 17.3 Å². The first-order valence-corrected chi connectivity index (χ1v) is 18.9. The van der Waals surface area contributed by atoms with Gasteiger partial charge in [-0.3, -0.25) is 13.9 Å². The zero-order valence-electron chi connectivity index (χ0n) is 30.9. The van der Waals surface area contributed by atoms with Crippen molar-refractivity contribution in [3.8, 4) is 11.6 Å². The Labute approximate surface area is 295 Å². The molecule has 274 valence electrons. The summed E-state index contributed by atoms with van der Waals surface area (Å²) < 4.78 is 46.7. The van der Waals surface area contributed by atoms with E-state index in [2.05, 4.69) is 27.0 Å². The summed E-state index contributed by atoms with van der Waals surface area (Å²) in [5.74, 6) is 0.572. The minimum atomic E-state index is -4.20. The number of anilines is 1. The molecule has 0 saturated carbocycles. The van der Waals surface area contributed by atoms with Crippen molar-refractivity contribution < 1.29 is 32.6 Å². The average molecular weight is 713 g/mol. The number of carbonyl (C=O) groups excluding carboxylic acids is 1. The Kier molecular flexibility index (Phi) is 12.9. The molecule has 0 spiro atoms. The Hall–Kier alpha value is -3.77. The fraction of sp³-hybridized carbons (Fsp3) is 0.556. The van der Waals surface area contributed by atoms with E-state index in [0.29, 0.717) is 41.6 Å². The molecule has 3 heterocycles. The van der Waals surface area contributed by atoms with Crippen molar-refractivity contribution in [2.45, 2.75) is 94.0 Å². The van der Waals surface area contributed by atoms with E-state index >= 15 is 0 Å². The number of hydrogen-bond acceptors (Lipinski definition) is 11. The summed E-state index contributed by atoms with van der Waals surface area (Å²) in [6.45, 7) is 19.9. The van der Waals surface area contributed by atoms with Crippen LogP contribution in [0.4, 0.5) is 5.95 Å². The lowest BCUT2D eigenvalue weighted by atomic mass is 9.98. The van der Waals surface area contributed by atoms with Crippen LogP contribution in [0.2, 0.25) is 0 Å². The van der Waals surface area contributed by atoms with Gasteiger partial charge in [0.25, 0.3) is 0 Å². The molecule has 2 aromatic carbocycles. The molecule has 4 aromatic rings. The number of nitrogens with two attached hydrogens (primary N) is 1.